The Hall–Kier alpha value is -3.32. The summed E-state index contributed by atoms with van der Waals surface area (Å²) in [5, 5.41) is 2.24. The van der Waals surface area contributed by atoms with Gasteiger partial charge >= 0.3 is 0 Å². The van der Waals surface area contributed by atoms with Gasteiger partial charge in [0.15, 0.2) is 0 Å². The monoisotopic (exact) mass is 581 g/mol. The number of rotatable bonds is 10. The number of ether oxygens (including phenoxy) is 1. The van der Waals surface area contributed by atoms with Gasteiger partial charge in [0.1, 0.15) is 5.75 Å². The lowest BCUT2D eigenvalue weighted by atomic mass is 9.92. The minimum absolute atomic E-state index is 0.0415. The third-order valence-corrected chi connectivity index (χ3v) is 14.4. The van der Waals surface area contributed by atoms with Crippen LogP contribution < -0.4 is 15.1 Å². The van der Waals surface area contributed by atoms with E-state index in [-0.39, 0.29) is 28.3 Å². The molecule has 4 aromatic rings. The molecule has 4 nitrogen and oxygen atoms in total. The minimum atomic E-state index is -2.81. The number of carbonyl (C=O) groups excluding carboxylic acids is 1. The summed E-state index contributed by atoms with van der Waals surface area (Å²) in [4.78, 5) is 17.1. The fraction of sp³-hybridized carbons (Fsp3) is 0.286. The van der Waals surface area contributed by atoms with Crippen molar-refractivity contribution in [2.24, 2.45) is 5.92 Å². The summed E-state index contributed by atoms with van der Waals surface area (Å²) in [6.07, 6.45) is -0.276. The normalized spacial score (nSPS) is 18.1. The Morgan fingerprint density at radius 1 is 0.805 bits per heavy atom. The number of β-lactam (4-membered cyclic amide) rings is 1. The zero-order chi connectivity index (χ0) is 29.0. The van der Waals surface area contributed by atoms with Crippen molar-refractivity contribution in [2.75, 3.05) is 7.11 Å². The van der Waals surface area contributed by atoms with E-state index in [0.717, 1.165) is 16.2 Å². The largest absolute Gasteiger partial charge is 0.497 e. The van der Waals surface area contributed by atoms with Gasteiger partial charge < -0.3 is 14.1 Å². The number of thioether (sulfide) groups is 1. The third kappa shape index (κ3) is 5.87. The minimum Gasteiger partial charge on any atom is -0.497 e. The van der Waals surface area contributed by atoms with Gasteiger partial charge in [0.05, 0.1) is 24.5 Å². The molecule has 1 amide bonds. The summed E-state index contributed by atoms with van der Waals surface area (Å²) < 4.78 is 12.7. The SMILES string of the molecule is COc1ccc(CN2C(=O)[C@H]([C@@H](C)O[Si](c3ccccc3)(c3ccccc3)C(C)(C)C)C2Sc2ccccc2)cc1. The third-order valence-electron chi connectivity index (χ3n) is 7.98. The number of carbonyl (C=O) groups is 1. The van der Waals surface area contributed by atoms with Gasteiger partial charge in [-0.1, -0.05) is 112 Å². The molecule has 4 aromatic carbocycles. The molecule has 0 N–H and O–H groups in total. The molecule has 0 radical (unpaired) electrons. The van der Waals surface area contributed by atoms with E-state index < -0.39 is 8.32 Å². The molecule has 0 bridgehead atoms. The average molecular weight is 582 g/mol. The Labute approximate surface area is 249 Å². The second-order valence-corrected chi connectivity index (χ2v) is 17.1. The highest BCUT2D eigenvalue weighted by Crippen LogP contribution is 2.45. The molecule has 212 valence electrons. The fourth-order valence-corrected chi connectivity index (χ4v) is 12.0. The van der Waals surface area contributed by atoms with E-state index in [1.165, 1.54) is 10.4 Å². The first-order valence-corrected chi connectivity index (χ1v) is 17.0. The molecule has 1 saturated heterocycles. The van der Waals surface area contributed by atoms with Crippen LogP contribution in [0, 0.1) is 5.92 Å². The summed E-state index contributed by atoms with van der Waals surface area (Å²) in [5.74, 6) is 0.684. The van der Waals surface area contributed by atoms with Gasteiger partial charge in [0, 0.05) is 11.4 Å². The first-order chi connectivity index (χ1) is 19.7. The van der Waals surface area contributed by atoms with E-state index >= 15 is 0 Å². The van der Waals surface area contributed by atoms with E-state index in [1.54, 1.807) is 18.9 Å². The van der Waals surface area contributed by atoms with Crippen molar-refractivity contribution in [1.82, 2.24) is 4.90 Å². The van der Waals surface area contributed by atoms with Crippen molar-refractivity contribution in [2.45, 2.75) is 55.7 Å². The van der Waals surface area contributed by atoms with E-state index in [0.29, 0.717) is 6.54 Å². The first kappa shape index (κ1) is 29.2. The van der Waals surface area contributed by atoms with Crippen LogP contribution in [0.1, 0.15) is 33.3 Å². The summed E-state index contributed by atoms with van der Waals surface area (Å²) in [6, 6.07) is 39.6. The van der Waals surface area contributed by atoms with Gasteiger partial charge in [-0.25, -0.2) is 0 Å². The van der Waals surface area contributed by atoms with Crippen molar-refractivity contribution in [3.05, 3.63) is 121 Å². The smallest absolute Gasteiger partial charge is 0.261 e. The Kier molecular flexibility index (Phi) is 8.73. The number of methoxy groups -OCH3 is 1. The van der Waals surface area contributed by atoms with Crippen LogP contribution in [0.15, 0.2) is 120 Å². The number of nitrogens with zero attached hydrogens (tertiary/aromatic N) is 1. The van der Waals surface area contributed by atoms with Crippen LogP contribution >= 0.6 is 11.8 Å². The summed E-state index contributed by atoms with van der Waals surface area (Å²) in [5.41, 5.74) is 1.08. The Morgan fingerprint density at radius 3 is 1.80 bits per heavy atom. The number of hydrogen-bond donors (Lipinski definition) is 0. The molecular weight excluding hydrogens is 543 g/mol. The lowest BCUT2D eigenvalue weighted by Crippen LogP contribution is -2.70. The highest BCUT2D eigenvalue weighted by atomic mass is 32.2. The van der Waals surface area contributed by atoms with Crippen LogP contribution in [0.25, 0.3) is 0 Å². The topological polar surface area (TPSA) is 38.8 Å². The highest BCUT2D eigenvalue weighted by Gasteiger charge is 2.56. The molecule has 0 spiro atoms. The van der Waals surface area contributed by atoms with Gasteiger partial charge in [-0.05, 0) is 52.2 Å². The van der Waals surface area contributed by atoms with Gasteiger partial charge in [-0.2, -0.15) is 0 Å². The molecule has 0 aliphatic carbocycles. The molecule has 1 fully saturated rings. The van der Waals surface area contributed by atoms with Gasteiger partial charge in [-0.15, -0.1) is 11.8 Å². The van der Waals surface area contributed by atoms with Crippen molar-refractivity contribution in [1.29, 1.82) is 0 Å². The number of amides is 1. The lowest BCUT2D eigenvalue weighted by Gasteiger charge is -2.52. The van der Waals surface area contributed by atoms with Crippen molar-refractivity contribution >= 4 is 36.4 Å². The molecule has 1 unspecified atom stereocenters. The standard InChI is InChI=1S/C35H39NO3SSi/c1-26(39-41(35(2,3)4,30-17-11-7-12-18-30)31-19-13-8-14-20-31)32-33(37)36(25-27-21-23-28(38-5)24-22-27)34(32)40-29-15-9-6-10-16-29/h6-24,26,32,34H,25H2,1-5H3/t26-,32+,34?/m1/s1. The van der Waals surface area contributed by atoms with Crippen molar-refractivity contribution in [3.63, 3.8) is 0 Å². The summed E-state index contributed by atoms with van der Waals surface area (Å²) in [7, 11) is -1.14. The molecule has 1 aliphatic heterocycles. The average Bonchev–Trinajstić information content (AvgIpc) is 2.99. The quantitative estimate of drug-likeness (QED) is 0.154. The van der Waals surface area contributed by atoms with Crippen LogP contribution in [0.5, 0.6) is 5.75 Å². The molecule has 1 heterocycles. The molecule has 0 aromatic heterocycles. The van der Waals surface area contributed by atoms with E-state index in [4.69, 9.17) is 9.16 Å². The summed E-state index contributed by atoms with van der Waals surface area (Å²) in [6.45, 7) is 9.49. The predicted octanol–water partition coefficient (Wildman–Crippen LogP) is 6.74. The maximum Gasteiger partial charge on any atom is 0.261 e. The molecule has 1 aliphatic rings. The molecular formula is C35H39NO3SSi. The van der Waals surface area contributed by atoms with E-state index in [1.807, 2.05) is 47.4 Å². The van der Waals surface area contributed by atoms with Crippen LogP contribution in [0.4, 0.5) is 0 Å². The number of benzene rings is 4. The second-order valence-electron chi connectivity index (χ2n) is 11.6. The highest BCUT2D eigenvalue weighted by molar-refractivity contribution is 8.00. The maximum absolute atomic E-state index is 14.0. The van der Waals surface area contributed by atoms with Crippen LogP contribution in [0.3, 0.4) is 0 Å². The zero-order valence-corrected chi connectivity index (χ0v) is 26.3. The molecule has 3 atom stereocenters. The predicted molar refractivity (Wildman–Crippen MR) is 171 cm³/mol. The molecule has 0 saturated carbocycles. The summed E-state index contributed by atoms with van der Waals surface area (Å²) >= 11 is 1.75. The van der Waals surface area contributed by atoms with Crippen LogP contribution in [0.2, 0.25) is 5.04 Å². The van der Waals surface area contributed by atoms with Crippen molar-refractivity contribution in [3.8, 4) is 5.75 Å². The van der Waals surface area contributed by atoms with E-state index in [9.17, 15) is 4.79 Å². The Bertz CT molecular complexity index is 1390. The van der Waals surface area contributed by atoms with Crippen LogP contribution in [-0.2, 0) is 15.8 Å². The van der Waals surface area contributed by atoms with Gasteiger partial charge in [0.25, 0.3) is 8.32 Å². The van der Waals surface area contributed by atoms with Gasteiger partial charge in [0.2, 0.25) is 5.91 Å². The Morgan fingerprint density at radius 2 is 1.32 bits per heavy atom. The number of likely N-dealkylation sites (tertiary alicyclic amines) is 1. The first-order valence-electron chi connectivity index (χ1n) is 14.2. The molecule has 5 rings (SSSR count). The molecule has 6 heteroatoms. The lowest BCUT2D eigenvalue weighted by molar-refractivity contribution is -0.157. The number of hydrogen-bond acceptors (Lipinski definition) is 4. The molecule has 41 heavy (non-hydrogen) atoms. The van der Waals surface area contributed by atoms with Crippen molar-refractivity contribution < 1.29 is 14.0 Å². The fourth-order valence-electron chi connectivity index (χ4n) is 5.90. The van der Waals surface area contributed by atoms with Gasteiger partial charge in [-0.3, -0.25) is 4.79 Å². The van der Waals surface area contributed by atoms with E-state index in [2.05, 4.69) is 100 Å². The van der Waals surface area contributed by atoms with Crippen LogP contribution in [-0.4, -0.2) is 37.7 Å². The zero-order valence-electron chi connectivity index (χ0n) is 24.5. The second kappa shape index (κ2) is 12.3. The Balaban J connectivity index is 1.50. The maximum atomic E-state index is 14.0.